The molecule has 1 N–H and O–H groups in total. The number of rotatable bonds is 8. The van der Waals surface area contributed by atoms with Crippen LogP contribution in [-0.4, -0.2) is 42.8 Å². The molecule has 2 rings (SSSR count). The SMILES string of the molecule is COc1cc(CN(C)[C@@H](C)C(=O)Nc2cc(C)on2)ccc1OC(F)F. The molecule has 7 nitrogen and oxygen atoms in total. The fraction of sp³-hybridized carbons (Fsp3) is 0.412. The molecule has 1 aromatic carbocycles. The molecule has 26 heavy (non-hydrogen) atoms. The van der Waals surface area contributed by atoms with Crippen LogP contribution in [0.15, 0.2) is 28.8 Å². The standard InChI is InChI=1S/C17H21F2N3O4/c1-10-7-15(21-26-10)20-16(23)11(2)22(3)9-12-5-6-13(25-17(18)19)14(8-12)24-4/h5-8,11,17H,9H2,1-4H3,(H,20,21,23)/t11-/m0/s1. The number of benzene rings is 1. The van der Waals surface area contributed by atoms with Crippen LogP contribution < -0.4 is 14.8 Å². The van der Waals surface area contributed by atoms with Crippen molar-refractivity contribution in [2.24, 2.45) is 0 Å². The first-order valence-corrected chi connectivity index (χ1v) is 7.86. The van der Waals surface area contributed by atoms with Crippen LogP contribution in [0.2, 0.25) is 0 Å². The second-order valence-electron chi connectivity index (χ2n) is 5.77. The minimum Gasteiger partial charge on any atom is -0.493 e. The van der Waals surface area contributed by atoms with E-state index in [-0.39, 0.29) is 17.4 Å². The molecule has 0 bridgehead atoms. The van der Waals surface area contributed by atoms with Gasteiger partial charge in [-0.2, -0.15) is 8.78 Å². The van der Waals surface area contributed by atoms with Crippen molar-refractivity contribution in [3.63, 3.8) is 0 Å². The third-order valence-corrected chi connectivity index (χ3v) is 3.80. The highest BCUT2D eigenvalue weighted by atomic mass is 19.3. The van der Waals surface area contributed by atoms with E-state index in [0.717, 1.165) is 5.56 Å². The predicted molar refractivity (Wildman–Crippen MR) is 90.4 cm³/mol. The minimum atomic E-state index is -2.93. The third kappa shape index (κ3) is 5.16. The van der Waals surface area contributed by atoms with Crippen LogP contribution in [0.25, 0.3) is 0 Å². The molecular formula is C17H21F2N3O4. The first kappa shape index (κ1) is 19.6. The Labute approximate surface area is 149 Å². The Bertz CT molecular complexity index is 751. The van der Waals surface area contributed by atoms with Gasteiger partial charge < -0.3 is 19.3 Å². The van der Waals surface area contributed by atoms with Gasteiger partial charge in [0.1, 0.15) is 5.76 Å². The number of methoxy groups -OCH3 is 1. The lowest BCUT2D eigenvalue weighted by atomic mass is 10.1. The molecule has 0 radical (unpaired) electrons. The van der Waals surface area contributed by atoms with Gasteiger partial charge in [0.25, 0.3) is 0 Å². The maximum Gasteiger partial charge on any atom is 0.387 e. The highest BCUT2D eigenvalue weighted by Crippen LogP contribution is 2.30. The lowest BCUT2D eigenvalue weighted by molar-refractivity contribution is -0.120. The number of ether oxygens (including phenoxy) is 2. The van der Waals surface area contributed by atoms with Crippen LogP contribution in [0, 0.1) is 6.92 Å². The molecule has 0 aliphatic heterocycles. The molecule has 0 aliphatic rings. The number of hydrogen-bond donors (Lipinski definition) is 1. The second-order valence-corrected chi connectivity index (χ2v) is 5.77. The van der Waals surface area contributed by atoms with Gasteiger partial charge in [-0.1, -0.05) is 11.2 Å². The van der Waals surface area contributed by atoms with Crippen molar-refractivity contribution in [3.05, 3.63) is 35.6 Å². The zero-order valence-corrected chi connectivity index (χ0v) is 15.0. The van der Waals surface area contributed by atoms with Gasteiger partial charge in [0.15, 0.2) is 17.3 Å². The molecule has 1 aromatic heterocycles. The van der Waals surface area contributed by atoms with Gasteiger partial charge in [-0.25, -0.2) is 0 Å². The molecule has 0 spiro atoms. The average molecular weight is 369 g/mol. The van der Waals surface area contributed by atoms with Crippen molar-refractivity contribution in [2.75, 3.05) is 19.5 Å². The summed E-state index contributed by atoms with van der Waals surface area (Å²) >= 11 is 0. The van der Waals surface area contributed by atoms with Gasteiger partial charge in [-0.3, -0.25) is 9.69 Å². The molecule has 1 atom stereocenters. The Hall–Kier alpha value is -2.68. The van der Waals surface area contributed by atoms with E-state index in [1.165, 1.54) is 13.2 Å². The summed E-state index contributed by atoms with van der Waals surface area (Å²) in [6, 6.07) is 5.81. The zero-order chi connectivity index (χ0) is 19.3. The number of nitrogens with one attached hydrogen (secondary N) is 1. The molecule has 142 valence electrons. The van der Waals surface area contributed by atoms with E-state index in [1.807, 2.05) is 0 Å². The van der Waals surface area contributed by atoms with Crippen molar-refractivity contribution in [1.82, 2.24) is 10.1 Å². The molecule has 0 unspecified atom stereocenters. The lowest BCUT2D eigenvalue weighted by Gasteiger charge is -2.23. The first-order valence-electron chi connectivity index (χ1n) is 7.86. The van der Waals surface area contributed by atoms with Gasteiger partial charge in [-0.05, 0) is 38.6 Å². The molecule has 2 aromatic rings. The number of anilines is 1. The Morgan fingerprint density at radius 3 is 2.65 bits per heavy atom. The maximum atomic E-state index is 12.4. The van der Waals surface area contributed by atoms with Crippen molar-refractivity contribution in [3.8, 4) is 11.5 Å². The van der Waals surface area contributed by atoms with E-state index < -0.39 is 12.7 Å². The molecule has 1 heterocycles. The average Bonchev–Trinajstić information content (AvgIpc) is 2.99. The monoisotopic (exact) mass is 369 g/mol. The Kier molecular flexibility index (Phi) is 6.51. The van der Waals surface area contributed by atoms with Gasteiger partial charge in [0.05, 0.1) is 13.2 Å². The molecule has 0 saturated heterocycles. The molecule has 0 aliphatic carbocycles. The second kappa shape index (κ2) is 8.61. The number of aryl methyl sites for hydroxylation is 1. The van der Waals surface area contributed by atoms with E-state index in [1.54, 1.807) is 44.0 Å². The van der Waals surface area contributed by atoms with Crippen LogP contribution in [0.4, 0.5) is 14.6 Å². The summed E-state index contributed by atoms with van der Waals surface area (Å²) in [5.41, 5.74) is 0.780. The topological polar surface area (TPSA) is 76.8 Å². The van der Waals surface area contributed by atoms with Gasteiger partial charge in [0.2, 0.25) is 5.91 Å². The van der Waals surface area contributed by atoms with E-state index in [2.05, 4.69) is 15.2 Å². The number of nitrogens with zero attached hydrogens (tertiary/aromatic N) is 2. The Balaban J connectivity index is 2.01. The normalized spacial score (nSPS) is 12.3. The highest BCUT2D eigenvalue weighted by molar-refractivity contribution is 5.93. The lowest BCUT2D eigenvalue weighted by Crippen LogP contribution is -2.39. The third-order valence-electron chi connectivity index (χ3n) is 3.80. The number of carbonyl (C=O) groups excluding carboxylic acids is 1. The van der Waals surface area contributed by atoms with E-state index >= 15 is 0 Å². The van der Waals surface area contributed by atoms with Crippen molar-refractivity contribution >= 4 is 11.7 Å². The largest absolute Gasteiger partial charge is 0.493 e. The van der Waals surface area contributed by atoms with Gasteiger partial charge in [0, 0.05) is 12.6 Å². The highest BCUT2D eigenvalue weighted by Gasteiger charge is 2.20. The Morgan fingerprint density at radius 1 is 1.35 bits per heavy atom. The molecule has 9 heteroatoms. The number of likely N-dealkylation sites (N-methyl/N-ethyl adjacent to an activating group) is 1. The maximum absolute atomic E-state index is 12.4. The van der Waals surface area contributed by atoms with Crippen LogP contribution in [-0.2, 0) is 11.3 Å². The number of alkyl halides is 2. The minimum absolute atomic E-state index is 0.0407. The quantitative estimate of drug-likeness (QED) is 0.771. The first-order chi connectivity index (χ1) is 12.3. The van der Waals surface area contributed by atoms with Crippen molar-refractivity contribution < 1.29 is 27.6 Å². The summed E-state index contributed by atoms with van der Waals surface area (Å²) in [7, 11) is 3.14. The summed E-state index contributed by atoms with van der Waals surface area (Å²) in [6.07, 6.45) is 0. The van der Waals surface area contributed by atoms with E-state index in [0.29, 0.717) is 18.1 Å². The van der Waals surface area contributed by atoms with Crippen LogP contribution in [0.5, 0.6) is 11.5 Å². The van der Waals surface area contributed by atoms with E-state index in [4.69, 9.17) is 9.26 Å². The fourth-order valence-electron chi connectivity index (χ4n) is 2.28. The van der Waals surface area contributed by atoms with E-state index in [9.17, 15) is 13.6 Å². The molecular weight excluding hydrogens is 348 g/mol. The number of aromatic nitrogens is 1. The number of halogens is 2. The van der Waals surface area contributed by atoms with Crippen LogP contribution in [0.3, 0.4) is 0 Å². The van der Waals surface area contributed by atoms with Gasteiger partial charge >= 0.3 is 6.61 Å². The molecule has 0 fully saturated rings. The van der Waals surface area contributed by atoms with Gasteiger partial charge in [-0.15, -0.1) is 0 Å². The zero-order valence-electron chi connectivity index (χ0n) is 15.0. The fourth-order valence-corrected chi connectivity index (χ4v) is 2.28. The van der Waals surface area contributed by atoms with Crippen LogP contribution in [0.1, 0.15) is 18.2 Å². The number of amides is 1. The van der Waals surface area contributed by atoms with Crippen molar-refractivity contribution in [2.45, 2.75) is 33.0 Å². The Morgan fingerprint density at radius 2 is 2.08 bits per heavy atom. The van der Waals surface area contributed by atoms with Crippen LogP contribution >= 0.6 is 0 Å². The number of carbonyl (C=O) groups is 1. The summed E-state index contributed by atoms with van der Waals surface area (Å²) in [5.74, 6) is 0.861. The summed E-state index contributed by atoms with van der Waals surface area (Å²) in [6.45, 7) is 0.944. The number of hydrogen-bond acceptors (Lipinski definition) is 6. The summed E-state index contributed by atoms with van der Waals surface area (Å²) in [5, 5.41) is 6.39. The molecule has 1 amide bonds. The molecule has 0 saturated carbocycles. The summed E-state index contributed by atoms with van der Waals surface area (Å²) < 4.78 is 39.2. The smallest absolute Gasteiger partial charge is 0.387 e. The predicted octanol–water partition coefficient (Wildman–Crippen LogP) is 3.05. The van der Waals surface area contributed by atoms with Crippen molar-refractivity contribution in [1.29, 1.82) is 0 Å². The summed E-state index contributed by atoms with van der Waals surface area (Å²) in [4.78, 5) is 14.1.